The number of hydrogen-bond acceptors (Lipinski definition) is 6. The van der Waals surface area contributed by atoms with Gasteiger partial charge in [-0.25, -0.2) is 12.7 Å². The van der Waals surface area contributed by atoms with E-state index in [-0.39, 0.29) is 29.2 Å². The molecule has 0 radical (unpaired) electrons. The van der Waals surface area contributed by atoms with Crippen LogP contribution in [0.4, 0.5) is 11.4 Å². The highest BCUT2D eigenvalue weighted by atomic mass is 32.2. The molecular formula is C11H16N4O5S. The van der Waals surface area contributed by atoms with Crippen molar-refractivity contribution < 1.29 is 18.1 Å². The summed E-state index contributed by atoms with van der Waals surface area (Å²) in [6.45, 7) is -0.00271. The Balaban J connectivity index is 2.89. The number of carbonyl (C=O) groups is 1. The first-order valence-electron chi connectivity index (χ1n) is 5.87. The number of primary amides is 1. The van der Waals surface area contributed by atoms with Gasteiger partial charge in [-0.05, 0) is 12.1 Å². The van der Waals surface area contributed by atoms with E-state index < -0.39 is 20.9 Å². The summed E-state index contributed by atoms with van der Waals surface area (Å²) in [5.41, 5.74) is 4.85. The molecule has 1 aromatic rings. The van der Waals surface area contributed by atoms with Gasteiger partial charge in [-0.15, -0.1) is 0 Å². The van der Waals surface area contributed by atoms with Crippen molar-refractivity contribution in [2.75, 3.05) is 31.7 Å². The molecule has 116 valence electrons. The van der Waals surface area contributed by atoms with Gasteiger partial charge in [0.15, 0.2) is 0 Å². The van der Waals surface area contributed by atoms with Crippen LogP contribution in [0.3, 0.4) is 0 Å². The minimum Gasteiger partial charge on any atom is -0.378 e. The number of nitro groups is 1. The van der Waals surface area contributed by atoms with Crippen LogP contribution in [0.2, 0.25) is 0 Å². The molecule has 3 N–H and O–H groups in total. The fourth-order valence-electron chi connectivity index (χ4n) is 1.48. The number of rotatable bonds is 7. The quantitative estimate of drug-likeness (QED) is 0.536. The predicted molar refractivity (Wildman–Crippen MR) is 77.6 cm³/mol. The fourth-order valence-corrected chi connectivity index (χ4v) is 2.21. The van der Waals surface area contributed by atoms with E-state index in [4.69, 9.17) is 5.73 Å². The number of carbonyl (C=O) groups excluding carboxylic acids is 1. The summed E-state index contributed by atoms with van der Waals surface area (Å²) in [6, 6.07) is 3.70. The van der Waals surface area contributed by atoms with E-state index in [1.807, 2.05) is 0 Å². The molecule has 0 atom stereocenters. The highest BCUT2D eigenvalue weighted by molar-refractivity contribution is 7.89. The molecule has 0 aliphatic rings. The number of nitrogens with two attached hydrogens (primary N) is 1. The third-order valence-corrected chi connectivity index (χ3v) is 4.54. The number of hydrogen-bond donors (Lipinski definition) is 2. The monoisotopic (exact) mass is 316 g/mol. The second-order valence-corrected chi connectivity index (χ2v) is 6.68. The first-order valence-corrected chi connectivity index (χ1v) is 7.48. The molecule has 0 saturated heterocycles. The molecule has 0 aliphatic carbocycles. The zero-order chi connectivity index (χ0) is 16.2. The van der Waals surface area contributed by atoms with Crippen LogP contribution in [0.25, 0.3) is 0 Å². The van der Waals surface area contributed by atoms with Crippen molar-refractivity contribution in [2.45, 2.75) is 0 Å². The molecule has 9 nitrogen and oxygen atoms in total. The molecule has 0 unspecified atom stereocenters. The third kappa shape index (κ3) is 4.39. The zero-order valence-electron chi connectivity index (χ0n) is 11.6. The van der Waals surface area contributed by atoms with Crippen LogP contribution >= 0.6 is 0 Å². The van der Waals surface area contributed by atoms with Crippen LogP contribution < -0.4 is 11.1 Å². The lowest BCUT2D eigenvalue weighted by molar-refractivity contribution is -0.384. The second-order valence-electron chi connectivity index (χ2n) is 4.38. The van der Waals surface area contributed by atoms with E-state index >= 15 is 0 Å². The summed E-state index contributed by atoms with van der Waals surface area (Å²) in [6.07, 6.45) is 0. The lowest BCUT2D eigenvalue weighted by Crippen LogP contribution is -2.28. The number of nitrogens with one attached hydrogen (secondary N) is 1. The number of sulfonamides is 1. The summed E-state index contributed by atoms with van der Waals surface area (Å²) in [4.78, 5) is 21.3. The van der Waals surface area contributed by atoms with Gasteiger partial charge in [-0.1, -0.05) is 0 Å². The van der Waals surface area contributed by atoms with Gasteiger partial charge in [-0.3, -0.25) is 14.9 Å². The van der Waals surface area contributed by atoms with Crippen LogP contribution in [-0.4, -0.2) is 49.9 Å². The van der Waals surface area contributed by atoms with Crippen LogP contribution in [0.15, 0.2) is 18.2 Å². The van der Waals surface area contributed by atoms with Crippen molar-refractivity contribution in [3.05, 3.63) is 33.9 Å². The van der Waals surface area contributed by atoms with Crippen molar-refractivity contribution in [2.24, 2.45) is 5.73 Å². The standard InChI is InChI=1S/C11H16N4O5S/c1-14(2)21(19,20)6-5-13-9-4-3-8(11(12)16)7-10(9)15(17)18/h3-4,7,13H,5-6H2,1-2H3,(H2,12,16). The van der Waals surface area contributed by atoms with Crippen LogP contribution in [0, 0.1) is 10.1 Å². The lowest BCUT2D eigenvalue weighted by Gasteiger charge is -2.12. The van der Waals surface area contributed by atoms with E-state index in [1.165, 1.54) is 26.2 Å². The normalized spacial score (nSPS) is 11.4. The Morgan fingerprint density at radius 3 is 2.52 bits per heavy atom. The van der Waals surface area contributed by atoms with Gasteiger partial charge < -0.3 is 11.1 Å². The van der Waals surface area contributed by atoms with Crippen molar-refractivity contribution >= 4 is 27.3 Å². The molecule has 0 bridgehead atoms. The van der Waals surface area contributed by atoms with Gasteiger partial charge >= 0.3 is 0 Å². The van der Waals surface area contributed by atoms with Gasteiger partial charge in [0, 0.05) is 32.3 Å². The van der Waals surface area contributed by atoms with Crippen molar-refractivity contribution in [1.82, 2.24) is 4.31 Å². The topological polar surface area (TPSA) is 136 Å². The minimum atomic E-state index is -3.40. The van der Waals surface area contributed by atoms with Crippen molar-refractivity contribution in [3.63, 3.8) is 0 Å². The molecule has 10 heteroatoms. The molecule has 21 heavy (non-hydrogen) atoms. The molecule has 0 spiro atoms. The molecule has 1 aromatic carbocycles. The maximum absolute atomic E-state index is 11.6. The second kappa shape index (κ2) is 6.50. The highest BCUT2D eigenvalue weighted by Crippen LogP contribution is 2.25. The van der Waals surface area contributed by atoms with E-state index in [2.05, 4.69) is 5.32 Å². The first-order chi connectivity index (χ1) is 9.65. The highest BCUT2D eigenvalue weighted by Gasteiger charge is 2.18. The minimum absolute atomic E-state index is 0.00271. The molecule has 1 rings (SSSR count). The van der Waals surface area contributed by atoms with Crippen LogP contribution in [0.1, 0.15) is 10.4 Å². The Kier molecular flexibility index (Phi) is 5.22. The number of benzene rings is 1. The summed E-state index contributed by atoms with van der Waals surface area (Å²) in [7, 11) is -0.592. The van der Waals surface area contributed by atoms with Gasteiger partial charge in [0.1, 0.15) is 5.69 Å². The lowest BCUT2D eigenvalue weighted by atomic mass is 10.1. The van der Waals surface area contributed by atoms with Gasteiger partial charge in [0.05, 0.1) is 10.7 Å². The summed E-state index contributed by atoms with van der Waals surface area (Å²) < 4.78 is 24.2. The molecule has 0 heterocycles. The van der Waals surface area contributed by atoms with E-state index in [0.717, 1.165) is 10.4 Å². The predicted octanol–water partition coefficient (Wildman–Crippen LogP) is -0.00300. The maximum Gasteiger partial charge on any atom is 0.293 e. The zero-order valence-corrected chi connectivity index (χ0v) is 12.4. The number of nitrogens with zero attached hydrogens (tertiary/aromatic N) is 2. The van der Waals surface area contributed by atoms with E-state index in [9.17, 15) is 23.3 Å². The summed E-state index contributed by atoms with van der Waals surface area (Å²) in [5.74, 6) is -0.991. The smallest absolute Gasteiger partial charge is 0.293 e. The Labute approximate surface area is 121 Å². The fraction of sp³-hybridized carbons (Fsp3) is 0.364. The number of amides is 1. The first kappa shape index (κ1) is 16.9. The molecule has 0 aromatic heterocycles. The summed E-state index contributed by atoms with van der Waals surface area (Å²) >= 11 is 0. The van der Waals surface area contributed by atoms with Gasteiger partial charge in [-0.2, -0.15) is 0 Å². The van der Waals surface area contributed by atoms with Gasteiger partial charge in [0.25, 0.3) is 5.69 Å². The Morgan fingerprint density at radius 1 is 1.43 bits per heavy atom. The van der Waals surface area contributed by atoms with Gasteiger partial charge in [0.2, 0.25) is 15.9 Å². The SMILES string of the molecule is CN(C)S(=O)(=O)CCNc1ccc(C(N)=O)cc1[N+](=O)[O-]. The number of nitro benzene ring substituents is 1. The maximum atomic E-state index is 11.6. The average Bonchev–Trinajstić information content (AvgIpc) is 2.38. The van der Waals surface area contributed by atoms with Crippen molar-refractivity contribution in [3.8, 4) is 0 Å². The third-order valence-electron chi connectivity index (χ3n) is 2.71. The molecular weight excluding hydrogens is 300 g/mol. The van der Waals surface area contributed by atoms with E-state index in [1.54, 1.807) is 0 Å². The molecule has 0 aliphatic heterocycles. The van der Waals surface area contributed by atoms with Crippen LogP contribution in [-0.2, 0) is 10.0 Å². The molecule has 1 amide bonds. The van der Waals surface area contributed by atoms with Crippen molar-refractivity contribution in [1.29, 1.82) is 0 Å². The molecule has 0 saturated carbocycles. The Morgan fingerprint density at radius 2 is 2.05 bits per heavy atom. The molecule has 0 fully saturated rings. The number of anilines is 1. The Hall–Kier alpha value is -2.20. The largest absolute Gasteiger partial charge is 0.378 e. The van der Waals surface area contributed by atoms with E-state index in [0.29, 0.717) is 0 Å². The van der Waals surface area contributed by atoms with Crippen LogP contribution in [0.5, 0.6) is 0 Å². The summed E-state index contributed by atoms with van der Waals surface area (Å²) in [5, 5.41) is 13.6. The Bertz CT molecular complexity index is 657. The average molecular weight is 316 g/mol.